The fourth-order valence-corrected chi connectivity index (χ4v) is 1.79. The van der Waals surface area contributed by atoms with Gasteiger partial charge in [-0.3, -0.25) is 9.28 Å². The minimum atomic E-state index is -0.709. The molecule has 16 heavy (non-hydrogen) atoms. The maximum absolute atomic E-state index is 10.7. The molecule has 0 amide bonds. The van der Waals surface area contributed by atoms with Crippen molar-refractivity contribution in [3.05, 3.63) is 12.0 Å². The van der Waals surface area contributed by atoms with Crippen LogP contribution in [0, 0.1) is 5.92 Å². The van der Waals surface area contributed by atoms with E-state index in [2.05, 4.69) is 32.2 Å². The van der Waals surface area contributed by atoms with Gasteiger partial charge in [0.2, 0.25) is 0 Å². The predicted molar refractivity (Wildman–Crippen MR) is 60.8 cm³/mol. The normalized spacial score (nSPS) is 28.6. The molecule has 1 unspecified atom stereocenters. The first-order valence-corrected chi connectivity index (χ1v) is 5.48. The number of hydrogen-bond acceptors (Lipinski definition) is 3. The minimum absolute atomic E-state index is 0.230. The summed E-state index contributed by atoms with van der Waals surface area (Å²) >= 11 is 0. The third kappa shape index (κ3) is 1.82. The summed E-state index contributed by atoms with van der Waals surface area (Å²) in [7, 11) is 4.23. The summed E-state index contributed by atoms with van der Waals surface area (Å²) in [6.45, 7) is 3.27. The van der Waals surface area contributed by atoms with Gasteiger partial charge in [0, 0.05) is 13.1 Å². The average Bonchev–Trinajstić information content (AvgIpc) is 2.07. The highest BCUT2D eigenvalue weighted by molar-refractivity contribution is 5.72. The Balaban J connectivity index is 2.03. The minimum Gasteiger partial charge on any atom is -0.481 e. The molecular weight excluding hydrogens is 206 g/mol. The monoisotopic (exact) mass is 224 g/mol. The van der Waals surface area contributed by atoms with Crippen molar-refractivity contribution in [2.24, 2.45) is 10.9 Å². The number of rotatable bonds is 2. The number of carboxylic acids is 1. The Morgan fingerprint density at radius 2 is 2.19 bits per heavy atom. The lowest BCUT2D eigenvalue weighted by Crippen LogP contribution is -2.52. The van der Waals surface area contributed by atoms with E-state index in [4.69, 9.17) is 5.11 Å². The van der Waals surface area contributed by atoms with Crippen LogP contribution in [0.4, 0.5) is 0 Å². The van der Waals surface area contributed by atoms with E-state index in [1.807, 2.05) is 11.1 Å². The number of nitrogens with zero attached hydrogens (tertiary/aromatic N) is 3. The first kappa shape index (κ1) is 11.1. The van der Waals surface area contributed by atoms with E-state index < -0.39 is 5.97 Å². The Morgan fingerprint density at radius 3 is 2.69 bits per heavy atom. The van der Waals surface area contributed by atoms with Crippen LogP contribution in [0.3, 0.4) is 0 Å². The number of carboxylic acid groups (broad SMARTS) is 1. The maximum atomic E-state index is 10.7. The van der Waals surface area contributed by atoms with E-state index in [9.17, 15) is 4.79 Å². The van der Waals surface area contributed by atoms with Gasteiger partial charge in [0.15, 0.2) is 5.82 Å². The summed E-state index contributed by atoms with van der Waals surface area (Å²) in [5.41, 5.74) is 0. The van der Waals surface area contributed by atoms with Crippen molar-refractivity contribution in [3.63, 3.8) is 0 Å². The van der Waals surface area contributed by atoms with E-state index in [1.165, 1.54) is 0 Å². The Bertz CT molecular complexity index is 367. The second-order valence-corrected chi connectivity index (χ2v) is 5.08. The molecule has 0 radical (unpaired) electrons. The molecular formula is C11H18N3O2+. The SMILES string of the molecule is CC1C=NC(N2CC(C(=O)O)C2)=C[N+]1(C)C. The zero-order valence-corrected chi connectivity index (χ0v) is 9.92. The molecule has 5 nitrogen and oxygen atoms in total. The second kappa shape index (κ2) is 3.59. The van der Waals surface area contributed by atoms with Gasteiger partial charge >= 0.3 is 5.97 Å². The molecule has 88 valence electrons. The van der Waals surface area contributed by atoms with E-state index in [0.717, 1.165) is 10.3 Å². The lowest BCUT2D eigenvalue weighted by Gasteiger charge is -2.41. The van der Waals surface area contributed by atoms with Gasteiger partial charge in [-0.2, -0.15) is 0 Å². The van der Waals surface area contributed by atoms with Crippen LogP contribution < -0.4 is 0 Å². The van der Waals surface area contributed by atoms with Crippen LogP contribution in [0.5, 0.6) is 0 Å². The van der Waals surface area contributed by atoms with Gasteiger partial charge in [0.05, 0.1) is 26.2 Å². The van der Waals surface area contributed by atoms with Crippen LogP contribution in [-0.4, -0.2) is 59.9 Å². The van der Waals surface area contributed by atoms with E-state index >= 15 is 0 Å². The van der Waals surface area contributed by atoms with Crippen LogP contribution >= 0.6 is 0 Å². The van der Waals surface area contributed by atoms with Gasteiger partial charge in [-0.05, 0) is 6.92 Å². The highest BCUT2D eigenvalue weighted by Crippen LogP contribution is 2.25. The summed E-state index contributed by atoms with van der Waals surface area (Å²) in [4.78, 5) is 17.1. The highest BCUT2D eigenvalue weighted by atomic mass is 16.4. The fraction of sp³-hybridized carbons (Fsp3) is 0.636. The van der Waals surface area contributed by atoms with Gasteiger partial charge in [-0.15, -0.1) is 0 Å². The molecule has 0 aromatic carbocycles. The Labute approximate surface area is 95.3 Å². The van der Waals surface area contributed by atoms with E-state index in [1.54, 1.807) is 0 Å². The van der Waals surface area contributed by atoms with Crippen LogP contribution in [-0.2, 0) is 4.79 Å². The smallest absolute Gasteiger partial charge is 0.310 e. The molecule has 0 aromatic heterocycles. The van der Waals surface area contributed by atoms with Gasteiger partial charge < -0.3 is 10.0 Å². The molecule has 0 aliphatic carbocycles. The lowest BCUT2D eigenvalue weighted by atomic mass is 10.0. The van der Waals surface area contributed by atoms with E-state index in [-0.39, 0.29) is 5.92 Å². The molecule has 2 heterocycles. The molecule has 1 N–H and O–H groups in total. The number of aliphatic imine (C=N–C) groups is 1. The van der Waals surface area contributed by atoms with Crippen molar-refractivity contribution in [1.82, 2.24) is 4.90 Å². The number of carbonyl (C=O) groups is 1. The summed E-state index contributed by atoms with van der Waals surface area (Å²) in [6.07, 6.45) is 4.02. The maximum Gasteiger partial charge on any atom is 0.310 e. The van der Waals surface area contributed by atoms with Crippen LogP contribution in [0.2, 0.25) is 0 Å². The highest BCUT2D eigenvalue weighted by Gasteiger charge is 2.36. The van der Waals surface area contributed by atoms with Gasteiger partial charge in [0.25, 0.3) is 0 Å². The summed E-state index contributed by atoms with van der Waals surface area (Å²) < 4.78 is 0.757. The summed E-state index contributed by atoms with van der Waals surface area (Å²) in [6, 6.07) is 0.361. The molecule has 1 fully saturated rings. The average molecular weight is 224 g/mol. The number of aliphatic carboxylic acids is 1. The Morgan fingerprint density at radius 1 is 1.56 bits per heavy atom. The molecule has 0 saturated carbocycles. The van der Waals surface area contributed by atoms with Crippen molar-refractivity contribution >= 4 is 12.2 Å². The van der Waals surface area contributed by atoms with Gasteiger partial charge in [0.1, 0.15) is 12.2 Å². The van der Waals surface area contributed by atoms with Crippen molar-refractivity contribution in [2.45, 2.75) is 13.0 Å². The Kier molecular flexibility index (Phi) is 2.50. The van der Waals surface area contributed by atoms with Gasteiger partial charge in [-0.25, -0.2) is 4.99 Å². The largest absolute Gasteiger partial charge is 0.481 e. The first-order valence-electron chi connectivity index (χ1n) is 5.48. The molecule has 1 atom stereocenters. The molecule has 0 bridgehead atoms. The van der Waals surface area contributed by atoms with Crippen molar-refractivity contribution < 1.29 is 14.4 Å². The number of hydrogen-bond donors (Lipinski definition) is 1. The Hall–Kier alpha value is -1.36. The third-order valence-corrected chi connectivity index (χ3v) is 3.48. The van der Waals surface area contributed by atoms with Gasteiger partial charge in [-0.1, -0.05) is 0 Å². The summed E-state index contributed by atoms with van der Waals surface area (Å²) in [5.74, 6) is -0.0366. The lowest BCUT2D eigenvalue weighted by molar-refractivity contribution is -0.853. The topological polar surface area (TPSA) is 52.9 Å². The molecule has 1 saturated heterocycles. The predicted octanol–water partition coefficient (Wildman–Crippen LogP) is 0.351. The number of quaternary nitrogens is 1. The fourth-order valence-electron chi connectivity index (χ4n) is 1.79. The molecule has 2 aliphatic heterocycles. The standard InChI is InChI=1S/C11H17N3O2/c1-8-4-12-10(7-14(8,2)3)13-5-9(6-13)11(15)16/h4,7-9H,5-6H2,1-3H3/p+1. The molecule has 2 rings (SSSR count). The zero-order valence-electron chi connectivity index (χ0n) is 9.92. The van der Waals surface area contributed by atoms with Crippen molar-refractivity contribution in [3.8, 4) is 0 Å². The third-order valence-electron chi connectivity index (χ3n) is 3.48. The molecule has 2 aliphatic rings. The van der Waals surface area contributed by atoms with Crippen LogP contribution in [0.25, 0.3) is 0 Å². The summed E-state index contributed by atoms with van der Waals surface area (Å²) in [5, 5.41) is 8.81. The van der Waals surface area contributed by atoms with Crippen LogP contribution in [0.1, 0.15) is 6.92 Å². The number of likely N-dealkylation sites (tertiary alicyclic amines) is 1. The molecule has 5 heteroatoms. The first-order chi connectivity index (χ1) is 7.40. The van der Waals surface area contributed by atoms with Crippen molar-refractivity contribution in [1.29, 1.82) is 0 Å². The van der Waals surface area contributed by atoms with Crippen LogP contribution in [0.15, 0.2) is 17.0 Å². The second-order valence-electron chi connectivity index (χ2n) is 5.08. The van der Waals surface area contributed by atoms with E-state index in [0.29, 0.717) is 19.1 Å². The quantitative estimate of drug-likeness (QED) is 0.689. The molecule has 0 aromatic rings. The zero-order chi connectivity index (χ0) is 11.9. The van der Waals surface area contributed by atoms with Crippen molar-refractivity contribution in [2.75, 3.05) is 27.2 Å². The molecule has 0 spiro atoms.